The van der Waals surface area contributed by atoms with Crippen LogP contribution in [0.4, 0.5) is 0 Å². The minimum atomic E-state index is 0.896. The lowest BCUT2D eigenvalue weighted by Crippen LogP contribution is -1.93. The van der Waals surface area contributed by atoms with Crippen molar-refractivity contribution in [2.45, 2.75) is 0 Å². The third-order valence-electron chi connectivity index (χ3n) is 5.35. The SMILES string of the molecule is c1ccc(-n2c3ccccc3c3ccc(-c4nc5ccccc5[nH]4)cc32)cc1. The molecule has 0 aliphatic heterocycles. The number of aromatic amines is 1. The molecular weight excluding hydrogens is 342 g/mol. The predicted octanol–water partition coefficient (Wildman–Crippen LogP) is 6.33. The zero-order chi connectivity index (χ0) is 18.5. The first-order valence-corrected chi connectivity index (χ1v) is 9.42. The van der Waals surface area contributed by atoms with Crippen molar-refractivity contribution in [1.29, 1.82) is 0 Å². The molecule has 0 saturated carbocycles. The molecule has 0 bridgehead atoms. The van der Waals surface area contributed by atoms with Crippen LogP contribution in [0.3, 0.4) is 0 Å². The van der Waals surface area contributed by atoms with Crippen LogP contribution in [0.25, 0.3) is 49.9 Å². The van der Waals surface area contributed by atoms with Crippen molar-refractivity contribution in [3.63, 3.8) is 0 Å². The molecule has 3 nitrogen and oxygen atoms in total. The van der Waals surface area contributed by atoms with Gasteiger partial charge in [0.1, 0.15) is 5.82 Å². The fourth-order valence-corrected chi connectivity index (χ4v) is 4.06. The maximum atomic E-state index is 4.78. The monoisotopic (exact) mass is 359 g/mol. The summed E-state index contributed by atoms with van der Waals surface area (Å²) in [5.74, 6) is 0.896. The number of rotatable bonds is 2. The molecule has 0 saturated heterocycles. The minimum absolute atomic E-state index is 0.896. The summed E-state index contributed by atoms with van der Waals surface area (Å²) in [6.07, 6.45) is 0. The van der Waals surface area contributed by atoms with E-state index in [0.29, 0.717) is 0 Å². The zero-order valence-corrected chi connectivity index (χ0v) is 15.1. The molecule has 6 aromatic rings. The van der Waals surface area contributed by atoms with E-state index < -0.39 is 0 Å². The standard InChI is InChI=1S/C25H17N3/c1-2-8-18(9-3-1)28-23-13-7-4-10-19(23)20-15-14-17(16-24(20)28)25-26-21-11-5-6-12-22(21)27-25/h1-16H,(H,26,27). The molecule has 0 aliphatic carbocycles. The first kappa shape index (κ1) is 15.2. The van der Waals surface area contributed by atoms with Gasteiger partial charge in [0, 0.05) is 22.0 Å². The zero-order valence-electron chi connectivity index (χ0n) is 15.1. The topological polar surface area (TPSA) is 33.6 Å². The molecule has 132 valence electrons. The molecule has 0 radical (unpaired) electrons. The van der Waals surface area contributed by atoms with Gasteiger partial charge in [-0.15, -0.1) is 0 Å². The highest BCUT2D eigenvalue weighted by molar-refractivity contribution is 6.10. The van der Waals surface area contributed by atoms with Gasteiger partial charge in [-0.25, -0.2) is 4.98 Å². The van der Waals surface area contributed by atoms with Crippen molar-refractivity contribution in [2.24, 2.45) is 0 Å². The van der Waals surface area contributed by atoms with Gasteiger partial charge in [-0.2, -0.15) is 0 Å². The van der Waals surface area contributed by atoms with Crippen LogP contribution in [-0.4, -0.2) is 14.5 Å². The Bertz CT molecular complexity index is 1420. The number of benzene rings is 4. The van der Waals surface area contributed by atoms with Crippen LogP contribution in [0.2, 0.25) is 0 Å². The Hall–Kier alpha value is -3.85. The summed E-state index contributed by atoms with van der Waals surface area (Å²) in [6.45, 7) is 0. The number of H-pyrrole nitrogens is 1. The van der Waals surface area contributed by atoms with Gasteiger partial charge >= 0.3 is 0 Å². The normalized spacial score (nSPS) is 11.6. The quantitative estimate of drug-likeness (QED) is 0.385. The lowest BCUT2D eigenvalue weighted by atomic mass is 10.1. The third-order valence-corrected chi connectivity index (χ3v) is 5.35. The van der Waals surface area contributed by atoms with Crippen LogP contribution in [-0.2, 0) is 0 Å². The van der Waals surface area contributed by atoms with E-state index in [1.54, 1.807) is 0 Å². The molecule has 1 N–H and O–H groups in total. The number of para-hydroxylation sites is 4. The molecule has 28 heavy (non-hydrogen) atoms. The molecule has 6 rings (SSSR count). The summed E-state index contributed by atoms with van der Waals surface area (Å²) in [5, 5.41) is 2.51. The van der Waals surface area contributed by atoms with Crippen molar-refractivity contribution in [1.82, 2.24) is 14.5 Å². The van der Waals surface area contributed by atoms with Gasteiger partial charge in [0.15, 0.2) is 0 Å². The number of nitrogens with one attached hydrogen (secondary N) is 1. The van der Waals surface area contributed by atoms with Crippen molar-refractivity contribution in [3.05, 3.63) is 97.1 Å². The number of aromatic nitrogens is 3. The fourth-order valence-electron chi connectivity index (χ4n) is 4.06. The molecule has 0 fully saturated rings. The second kappa shape index (κ2) is 5.83. The first-order chi connectivity index (χ1) is 13.9. The summed E-state index contributed by atoms with van der Waals surface area (Å²) < 4.78 is 2.33. The predicted molar refractivity (Wildman–Crippen MR) is 116 cm³/mol. The van der Waals surface area contributed by atoms with E-state index in [2.05, 4.69) is 88.4 Å². The molecule has 2 heterocycles. The van der Waals surface area contributed by atoms with Crippen LogP contribution in [0.1, 0.15) is 0 Å². The van der Waals surface area contributed by atoms with E-state index in [9.17, 15) is 0 Å². The summed E-state index contributed by atoms with van der Waals surface area (Å²) in [5.41, 5.74) is 6.69. The third kappa shape index (κ3) is 2.20. The van der Waals surface area contributed by atoms with E-state index in [1.807, 2.05) is 18.2 Å². The summed E-state index contributed by atoms with van der Waals surface area (Å²) in [7, 11) is 0. The Balaban J connectivity index is 1.67. The summed E-state index contributed by atoms with van der Waals surface area (Å²) in [4.78, 5) is 8.23. The second-order valence-corrected chi connectivity index (χ2v) is 7.02. The van der Waals surface area contributed by atoms with Crippen LogP contribution in [0, 0.1) is 0 Å². The van der Waals surface area contributed by atoms with E-state index in [1.165, 1.54) is 21.8 Å². The molecule has 0 aliphatic rings. The van der Waals surface area contributed by atoms with Crippen molar-refractivity contribution < 1.29 is 0 Å². The Kier molecular flexibility index (Phi) is 3.17. The summed E-state index contributed by atoms with van der Waals surface area (Å²) >= 11 is 0. The molecule has 3 heteroatoms. The van der Waals surface area contributed by atoms with Crippen LogP contribution >= 0.6 is 0 Å². The Morgan fingerprint density at radius 3 is 2.29 bits per heavy atom. The average molecular weight is 359 g/mol. The molecule has 0 spiro atoms. The Labute approximate surface area is 161 Å². The van der Waals surface area contributed by atoms with Gasteiger partial charge < -0.3 is 9.55 Å². The highest BCUT2D eigenvalue weighted by Crippen LogP contribution is 2.34. The van der Waals surface area contributed by atoms with Gasteiger partial charge in [0.2, 0.25) is 0 Å². The van der Waals surface area contributed by atoms with E-state index in [0.717, 1.165) is 28.1 Å². The van der Waals surface area contributed by atoms with Crippen molar-refractivity contribution in [3.8, 4) is 17.1 Å². The largest absolute Gasteiger partial charge is 0.338 e. The molecule has 0 atom stereocenters. The highest BCUT2D eigenvalue weighted by Gasteiger charge is 2.14. The van der Waals surface area contributed by atoms with Crippen LogP contribution in [0.5, 0.6) is 0 Å². The van der Waals surface area contributed by atoms with E-state index in [4.69, 9.17) is 4.98 Å². The number of nitrogens with zero attached hydrogens (tertiary/aromatic N) is 2. The maximum absolute atomic E-state index is 4.78. The highest BCUT2D eigenvalue weighted by atomic mass is 15.0. The second-order valence-electron chi connectivity index (χ2n) is 7.02. The first-order valence-electron chi connectivity index (χ1n) is 9.42. The van der Waals surface area contributed by atoms with E-state index >= 15 is 0 Å². The van der Waals surface area contributed by atoms with Crippen LogP contribution in [0.15, 0.2) is 97.1 Å². The Morgan fingerprint density at radius 1 is 0.643 bits per heavy atom. The smallest absolute Gasteiger partial charge is 0.138 e. The number of imidazole rings is 1. The van der Waals surface area contributed by atoms with Crippen molar-refractivity contribution in [2.75, 3.05) is 0 Å². The van der Waals surface area contributed by atoms with Gasteiger partial charge in [-0.05, 0) is 36.4 Å². The molecule has 0 unspecified atom stereocenters. The maximum Gasteiger partial charge on any atom is 0.138 e. The summed E-state index contributed by atoms with van der Waals surface area (Å²) in [6, 6.07) is 33.8. The minimum Gasteiger partial charge on any atom is -0.338 e. The number of hydrogen-bond acceptors (Lipinski definition) is 1. The van der Waals surface area contributed by atoms with Gasteiger partial charge in [-0.1, -0.05) is 60.7 Å². The van der Waals surface area contributed by atoms with Gasteiger partial charge in [0.05, 0.1) is 22.1 Å². The molecule has 4 aromatic carbocycles. The molecule has 0 amide bonds. The number of fused-ring (bicyclic) bond motifs is 4. The fraction of sp³-hybridized carbons (Fsp3) is 0. The van der Waals surface area contributed by atoms with Crippen LogP contribution < -0.4 is 0 Å². The van der Waals surface area contributed by atoms with E-state index in [-0.39, 0.29) is 0 Å². The molecule has 2 aromatic heterocycles. The van der Waals surface area contributed by atoms with Crippen molar-refractivity contribution >= 4 is 32.8 Å². The Morgan fingerprint density at radius 2 is 1.39 bits per heavy atom. The lowest BCUT2D eigenvalue weighted by molar-refractivity contribution is 1.18. The number of hydrogen-bond donors (Lipinski definition) is 1. The lowest BCUT2D eigenvalue weighted by Gasteiger charge is -2.08. The van der Waals surface area contributed by atoms with Gasteiger partial charge in [0.25, 0.3) is 0 Å². The molecular formula is C25H17N3. The average Bonchev–Trinajstić information content (AvgIpc) is 3.33. The van der Waals surface area contributed by atoms with Gasteiger partial charge in [-0.3, -0.25) is 0 Å².